The minimum atomic E-state index is -1.38. The molecule has 0 aliphatic carbocycles. The zero-order valence-electron chi connectivity index (χ0n) is 24.9. The van der Waals surface area contributed by atoms with Gasteiger partial charge in [-0.2, -0.15) is 0 Å². The first-order valence-corrected chi connectivity index (χ1v) is 14.3. The number of rotatable bonds is 27. The summed E-state index contributed by atoms with van der Waals surface area (Å²) in [7, 11) is 1.55. The molecule has 0 saturated carbocycles. The highest BCUT2D eigenvalue weighted by atomic mass is 16.5. The minimum Gasteiger partial charge on any atom is -0.481 e. The second kappa shape index (κ2) is 23.9. The summed E-state index contributed by atoms with van der Waals surface area (Å²) in [5, 5.41) is 38.0. The fourth-order valence-corrected chi connectivity index (χ4v) is 3.75. The lowest BCUT2D eigenvalue weighted by Crippen LogP contribution is -2.43. The number of carbonyl (C=O) groups is 7. The van der Waals surface area contributed by atoms with Crippen molar-refractivity contribution in [3.8, 4) is 0 Å². The molecular weight excluding hydrogens is 572 g/mol. The van der Waals surface area contributed by atoms with Crippen molar-refractivity contribution in [1.29, 1.82) is 0 Å². The average Bonchev–Trinajstić information content (AvgIpc) is 2.95. The molecule has 16 nitrogen and oxygen atoms in total. The number of ketones is 1. The SMILES string of the molecule is CCC(=O)NCCOCCOCC(=O)N[C@@H](CCC(=O)C[C@@H](CCC(=O)NCCCC[C@H](NC)C(=O)O)C(=O)O)C(=O)O. The Hall–Kier alpha value is -3.63. The number of amides is 3. The molecule has 0 rings (SSSR count). The van der Waals surface area contributed by atoms with E-state index in [1.165, 1.54) is 0 Å². The van der Waals surface area contributed by atoms with Crippen LogP contribution in [0.4, 0.5) is 0 Å². The van der Waals surface area contributed by atoms with Crippen molar-refractivity contribution < 1.29 is 58.4 Å². The van der Waals surface area contributed by atoms with E-state index in [4.69, 9.17) is 14.6 Å². The maximum Gasteiger partial charge on any atom is 0.326 e. The number of nitrogens with one attached hydrogen (secondary N) is 4. The van der Waals surface area contributed by atoms with E-state index in [2.05, 4.69) is 21.3 Å². The van der Waals surface area contributed by atoms with Gasteiger partial charge >= 0.3 is 17.9 Å². The third-order valence-corrected chi connectivity index (χ3v) is 6.27. The van der Waals surface area contributed by atoms with Gasteiger partial charge in [-0.3, -0.25) is 28.8 Å². The Bertz CT molecular complexity index is 914. The summed E-state index contributed by atoms with van der Waals surface area (Å²) >= 11 is 0. The van der Waals surface area contributed by atoms with Gasteiger partial charge in [0.15, 0.2) is 0 Å². The van der Waals surface area contributed by atoms with Crippen LogP contribution in [0.2, 0.25) is 0 Å². The molecule has 0 unspecified atom stereocenters. The number of likely N-dealkylation sites (N-methyl/N-ethyl adjacent to an activating group) is 1. The van der Waals surface area contributed by atoms with Gasteiger partial charge in [0.1, 0.15) is 24.5 Å². The molecule has 0 aliphatic rings. The van der Waals surface area contributed by atoms with Gasteiger partial charge in [0.2, 0.25) is 17.7 Å². The fraction of sp³-hybridized carbons (Fsp3) is 0.741. The summed E-state index contributed by atoms with van der Waals surface area (Å²) in [4.78, 5) is 81.7. The summed E-state index contributed by atoms with van der Waals surface area (Å²) in [5.41, 5.74) is 0. The molecule has 0 aromatic carbocycles. The summed E-state index contributed by atoms with van der Waals surface area (Å²) < 4.78 is 10.4. The Balaban J connectivity index is 4.32. The van der Waals surface area contributed by atoms with Crippen LogP contribution >= 0.6 is 0 Å². The quantitative estimate of drug-likeness (QED) is 0.0563. The van der Waals surface area contributed by atoms with Crippen LogP contribution in [0.1, 0.15) is 64.7 Å². The zero-order valence-corrected chi connectivity index (χ0v) is 24.9. The maximum atomic E-state index is 12.4. The summed E-state index contributed by atoms with van der Waals surface area (Å²) in [6, 6.07) is -2.05. The maximum absolute atomic E-state index is 12.4. The molecule has 0 spiro atoms. The molecule has 0 aromatic heterocycles. The van der Waals surface area contributed by atoms with Crippen LogP contribution in [0.3, 0.4) is 0 Å². The van der Waals surface area contributed by atoms with E-state index in [0.29, 0.717) is 38.8 Å². The number of Topliss-reactive ketones (excluding diaryl/α,β-unsaturated/α-hetero) is 1. The van der Waals surface area contributed by atoms with Crippen molar-refractivity contribution in [1.82, 2.24) is 21.3 Å². The van der Waals surface area contributed by atoms with Crippen molar-refractivity contribution in [3.63, 3.8) is 0 Å². The van der Waals surface area contributed by atoms with Crippen LogP contribution in [-0.2, 0) is 43.0 Å². The lowest BCUT2D eigenvalue weighted by atomic mass is 9.94. The highest BCUT2D eigenvalue weighted by Gasteiger charge is 2.25. The molecule has 0 heterocycles. The summed E-state index contributed by atoms with van der Waals surface area (Å²) in [6.45, 7) is 2.41. The van der Waals surface area contributed by atoms with Gasteiger partial charge in [-0.1, -0.05) is 6.92 Å². The number of carbonyl (C=O) groups excluding carboxylic acids is 4. The first-order chi connectivity index (χ1) is 20.4. The van der Waals surface area contributed by atoms with E-state index in [0.717, 1.165) is 0 Å². The van der Waals surface area contributed by atoms with Gasteiger partial charge < -0.3 is 46.1 Å². The van der Waals surface area contributed by atoms with Crippen molar-refractivity contribution >= 4 is 41.4 Å². The second-order valence-corrected chi connectivity index (χ2v) is 9.71. The second-order valence-electron chi connectivity index (χ2n) is 9.71. The highest BCUT2D eigenvalue weighted by molar-refractivity contribution is 5.87. The van der Waals surface area contributed by atoms with Crippen LogP contribution in [0, 0.1) is 5.92 Å². The molecule has 43 heavy (non-hydrogen) atoms. The van der Waals surface area contributed by atoms with Gasteiger partial charge in [0.05, 0.1) is 25.7 Å². The number of aliphatic carboxylic acids is 3. The molecule has 3 amide bonds. The van der Waals surface area contributed by atoms with Crippen molar-refractivity contribution in [2.24, 2.45) is 5.92 Å². The Labute approximate surface area is 250 Å². The smallest absolute Gasteiger partial charge is 0.326 e. The van der Waals surface area contributed by atoms with Crippen LogP contribution < -0.4 is 21.3 Å². The van der Waals surface area contributed by atoms with Crippen molar-refractivity contribution in [2.45, 2.75) is 76.8 Å². The predicted molar refractivity (Wildman–Crippen MR) is 151 cm³/mol. The largest absolute Gasteiger partial charge is 0.481 e. The highest BCUT2D eigenvalue weighted by Crippen LogP contribution is 2.15. The van der Waals surface area contributed by atoms with Crippen molar-refractivity contribution in [3.05, 3.63) is 0 Å². The van der Waals surface area contributed by atoms with Gasteiger partial charge in [-0.15, -0.1) is 0 Å². The average molecular weight is 619 g/mol. The van der Waals surface area contributed by atoms with Gasteiger partial charge in [-0.25, -0.2) is 4.79 Å². The van der Waals surface area contributed by atoms with E-state index < -0.39 is 66.5 Å². The summed E-state index contributed by atoms with van der Waals surface area (Å²) in [5.74, 6) is -6.46. The molecule has 0 radical (unpaired) electrons. The number of hydrogen-bond acceptors (Lipinski definition) is 10. The van der Waals surface area contributed by atoms with E-state index >= 15 is 0 Å². The number of unbranched alkanes of at least 4 members (excludes halogenated alkanes) is 1. The fourth-order valence-electron chi connectivity index (χ4n) is 3.75. The van der Waals surface area contributed by atoms with Crippen LogP contribution in [-0.4, -0.2) is 115 Å². The van der Waals surface area contributed by atoms with Crippen LogP contribution in [0.25, 0.3) is 0 Å². The van der Waals surface area contributed by atoms with Gasteiger partial charge in [-0.05, 0) is 39.2 Å². The van der Waals surface area contributed by atoms with Gasteiger partial charge in [0.25, 0.3) is 0 Å². The first kappa shape index (κ1) is 39.4. The molecule has 16 heteroatoms. The Morgan fingerprint density at radius 3 is 1.93 bits per heavy atom. The Morgan fingerprint density at radius 2 is 1.33 bits per heavy atom. The minimum absolute atomic E-state index is 0.0594. The third-order valence-electron chi connectivity index (χ3n) is 6.27. The Kier molecular flexibility index (Phi) is 21.9. The molecule has 0 fully saturated rings. The molecule has 0 aliphatic heterocycles. The number of ether oxygens (including phenoxy) is 2. The molecule has 3 atom stereocenters. The van der Waals surface area contributed by atoms with Crippen LogP contribution in [0.5, 0.6) is 0 Å². The molecule has 7 N–H and O–H groups in total. The topological polar surface area (TPSA) is 247 Å². The monoisotopic (exact) mass is 618 g/mol. The molecule has 0 bridgehead atoms. The van der Waals surface area contributed by atoms with Gasteiger partial charge in [0, 0.05) is 38.8 Å². The van der Waals surface area contributed by atoms with Crippen molar-refractivity contribution in [2.75, 3.05) is 46.6 Å². The van der Waals surface area contributed by atoms with E-state index in [9.17, 15) is 43.8 Å². The summed E-state index contributed by atoms with van der Waals surface area (Å²) in [6.07, 6.45) is 0.697. The third kappa shape index (κ3) is 20.8. The number of carboxylic acids is 3. The lowest BCUT2D eigenvalue weighted by Gasteiger charge is -2.15. The molecule has 0 saturated heterocycles. The molecular formula is C27H46N4O12. The van der Waals surface area contributed by atoms with E-state index in [1.54, 1.807) is 14.0 Å². The lowest BCUT2D eigenvalue weighted by molar-refractivity contribution is -0.145. The Morgan fingerprint density at radius 1 is 0.674 bits per heavy atom. The van der Waals surface area contributed by atoms with E-state index in [-0.39, 0.29) is 51.4 Å². The number of hydrogen-bond donors (Lipinski definition) is 7. The molecule has 0 aromatic rings. The zero-order chi connectivity index (χ0) is 32.6. The number of carboxylic acid groups (broad SMARTS) is 3. The standard InChI is InChI=1S/C27H46N4O12/c1-3-22(33)30-12-13-42-14-15-43-17-24(35)31-21(27(40)41)9-8-19(32)16-18(25(36)37)7-10-23(34)29-11-5-4-6-20(28-2)26(38)39/h18,20-21,28H,3-17H2,1-2H3,(H,29,34)(H,30,33)(H,31,35)(H,36,37)(H,38,39)(H,40,41)/t18-,20+,21+/m1/s1. The predicted octanol–water partition coefficient (Wildman–Crippen LogP) is -0.705. The first-order valence-electron chi connectivity index (χ1n) is 14.3. The van der Waals surface area contributed by atoms with Crippen LogP contribution in [0.15, 0.2) is 0 Å². The molecule has 246 valence electrons. The van der Waals surface area contributed by atoms with E-state index in [1.807, 2.05) is 0 Å². The normalized spacial score (nSPS) is 12.9.